The molecule has 0 radical (unpaired) electrons. The van der Waals surface area contributed by atoms with Gasteiger partial charge >= 0.3 is 0 Å². The Hall–Kier alpha value is -1.94. The SMILES string of the molecule is Cc1ccc2cccc(Oc3cccc(F)c3CBr)c2n1. The van der Waals surface area contributed by atoms with E-state index < -0.39 is 0 Å². The molecular weight excluding hydrogens is 333 g/mol. The molecule has 0 saturated carbocycles. The average molecular weight is 346 g/mol. The molecule has 2 nitrogen and oxygen atoms in total. The zero-order valence-electron chi connectivity index (χ0n) is 11.4. The standard InChI is InChI=1S/C17H13BrFNO/c1-11-8-9-12-4-2-7-16(17(12)20-11)21-15-6-3-5-14(19)13(15)10-18/h2-9H,10H2,1H3. The van der Waals surface area contributed by atoms with Crippen molar-refractivity contribution in [3.63, 3.8) is 0 Å². The van der Waals surface area contributed by atoms with Crippen molar-refractivity contribution in [1.29, 1.82) is 0 Å². The van der Waals surface area contributed by atoms with Crippen molar-refractivity contribution < 1.29 is 9.13 Å². The Kier molecular flexibility index (Phi) is 3.88. The molecule has 4 heteroatoms. The summed E-state index contributed by atoms with van der Waals surface area (Å²) in [5.41, 5.74) is 2.20. The molecule has 106 valence electrons. The molecule has 0 aliphatic carbocycles. The summed E-state index contributed by atoms with van der Waals surface area (Å²) in [7, 11) is 0. The number of rotatable bonds is 3. The van der Waals surface area contributed by atoms with Crippen LogP contribution < -0.4 is 4.74 Å². The number of hydrogen-bond acceptors (Lipinski definition) is 2. The third-order valence-electron chi connectivity index (χ3n) is 3.25. The zero-order chi connectivity index (χ0) is 14.8. The van der Waals surface area contributed by atoms with Crippen LogP contribution in [0.5, 0.6) is 11.5 Å². The van der Waals surface area contributed by atoms with Gasteiger partial charge in [0.25, 0.3) is 0 Å². The van der Waals surface area contributed by atoms with E-state index in [1.165, 1.54) is 6.07 Å². The summed E-state index contributed by atoms with van der Waals surface area (Å²) < 4.78 is 19.7. The molecule has 3 rings (SSSR count). The smallest absolute Gasteiger partial charge is 0.153 e. The van der Waals surface area contributed by atoms with Crippen LogP contribution >= 0.6 is 15.9 Å². The third kappa shape index (κ3) is 2.76. The highest BCUT2D eigenvalue weighted by Crippen LogP contribution is 2.32. The molecule has 3 aromatic rings. The quantitative estimate of drug-likeness (QED) is 0.595. The summed E-state index contributed by atoms with van der Waals surface area (Å²) in [6, 6.07) is 14.5. The molecule has 0 N–H and O–H groups in total. The van der Waals surface area contributed by atoms with Crippen molar-refractivity contribution in [3.8, 4) is 11.5 Å². The second kappa shape index (κ2) is 5.82. The Labute approximate surface area is 130 Å². The van der Waals surface area contributed by atoms with E-state index in [1.54, 1.807) is 12.1 Å². The van der Waals surface area contributed by atoms with Gasteiger partial charge in [-0.2, -0.15) is 0 Å². The van der Waals surface area contributed by atoms with Crippen LogP contribution in [0.25, 0.3) is 10.9 Å². The summed E-state index contributed by atoms with van der Waals surface area (Å²) in [5.74, 6) is 0.848. The van der Waals surface area contributed by atoms with Crippen molar-refractivity contribution in [2.24, 2.45) is 0 Å². The van der Waals surface area contributed by atoms with Gasteiger partial charge in [-0.05, 0) is 31.2 Å². The molecular formula is C17H13BrFNO. The fourth-order valence-corrected chi connectivity index (χ4v) is 2.73. The van der Waals surface area contributed by atoms with E-state index in [-0.39, 0.29) is 5.82 Å². The molecule has 0 bridgehead atoms. The number of alkyl halides is 1. The predicted octanol–water partition coefficient (Wildman–Crippen LogP) is 5.37. The molecule has 1 heterocycles. The summed E-state index contributed by atoms with van der Waals surface area (Å²) in [6.07, 6.45) is 0. The molecule has 21 heavy (non-hydrogen) atoms. The summed E-state index contributed by atoms with van der Waals surface area (Å²) >= 11 is 3.30. The van der Waals surface area contributed by atoms with Crippen LogP contribution in [0.4, 0.5) is 4.39 Å². The lowest BCUT2D eigenvalue weighted by Gasteiger charge is -2.12. The highest BCUT2D eigenvalue weighted by atomic mass is 79.9. The summed E-state index contributed by atoms with van der Waals surface area (Å²) in [5, 5.41) is 1.39. The molecule has 2 aromatic carbocycles. The second-order valence-electron chi connectivity index (χ2n) is 4.73. The van der Waals surface area contributed by atoms with Crippen LogP contribution in [-0.2, 0) is 5.33 Å². The molecule has 0 aliphatic rings. The van der Waals surface area contributed by atoms with Crippen molar-refractivity contribution in [1.82, 2.24) is 4.98 Å². The highest BCUT2D eigenvalue weighted by Gasteiger charge is 2.11. The Balaban J connectivity index is 2.10. The van der Waals surface area contributed by atoms with Crippen molar-refractivity contribution in [2.75, 3.05) is 0 Å². The van der Waals surface area contributed by atoms with Crippen molar-refractivity contribution in [2.45, 2.75) is 12.3 Å². The van der Waals surface area contributed by atoms with Gasteiger partial charge in [0.15, 0.2) is 5.75 Å². The number of aryl methyl sites for hydroxylation is 1. The minimum Gasteiger partial charge on any atom is -0.455 e. The number of benzene rings is 2. The maximum Gasteiger partial charge on any atom is 0.153 e. The van der Waals surface area contributed by atoms with Gasteiger partial charge in [0, 0.05) is 22.0 Å². The maximum absolute atomic E-state index is 13.8. The topological polar surface area (TPSA) is 22.1 Å². The third-order valence-corrected chi connectivity index (χ3v) is 3.81. The molecule has 0 atom stereocenters. The first kappa shape index (κ1) is 14.0. The van der Waals surface area contributed by atoms with Gasteiger partial charge in [0.05, 0.1) is 0 Å². The van der Waals surface area contributed by atoms with Crippen LogP contribution in [0, 0.1) is 12.7 Å². The van der Waals surface area contributed by atoms with Gasteiger partial charge in [0.2, 0.25) is 0 Å². The number of nitrogens with zero attached hydrogens (tertiary/aromatic N) is 1. The van der Waals surface area contributed by atoms with E-state index >= 15 is 0 Å². The van der Waals surface area contributed by atoms with Crippen LogP contribution in [0.2, 0.25) is 0 Å². The Morgan fingerprint density at radius 2 is 1.81 bits per heavy atom. The largest absolute Gasteiger partial charge is 0.455 e. The number of fused-ring (bicyclic) bond motifs is 1. The first-order valence-corrected chi connectivity index (χ1v) is 7.69. The van der Waals surface area contributed by atoms with Gasteiger partial charge in [0.1, 0.15) is 17.1 Å². The van der Waals surface area contributed by atoms with E-state index in [0.717, 1.165) is 16.6 Å². The van der Waals surface area contributed by atoms with Crippen LogP contribution in [-0.4, -0.2) is 4.98 Å². The molecule has 0 saturated heterocycles. The number of ether oxygens (including phenoxy) is 1. The molecule has 0 unspecified atom stereocenters. The summed E-state index contributed by atoms with van der Waals surface area (Å²) in [4.78, 5) is 4.52. The molecule has 0 fully saturated rings. The number of pyridine rings is 1. The fourth-order valence-electron chi connectivity index (χ4n) is 2.18. The Morgan fingerprint density at radius 3 is 2.62 bits per heavy atom. The molecule has 0 aliphatic heterocycles. The van der Waals surface area contributed by atoms with E-state index in [4.69, 9.17) is 4.74 Å². The normalized spacial score (nSPS) is 10.8. The Bertz CT molecular complexity index is 804. The van der Waals surface area contributed by atoms with Crippen LogP contribution in [0.1, 0.15) is 11.3 Å². The fraction of sp³-hybridized carbons (Fsp3) is 0.118. The lowest BCUT2D eigenvalue weighted by atomic mass is 10.2. The van der Waals surface area contributed by atoms with Gasteiger partial charge in [-0.3, -0.25) is 0 Å². The minimum absolute atomic E-state index is 0.284. The van der Waals surface area contributed by atoms with Crippen LogP contribution in [0.3, 0.4) is 0 Å². The second-order valence-corrected chi connectivity index (χ2v) is 5.29. The van der Waals surface area contributed by atoms with Gasteiger partial charge in [-0.25, -0.2) is 9.37 Å². The zero-order valence-corrected chi connectivity index (χ0v) is 13.0. The maximum atomic E-state index is 13.8. The average Bonchev–Trinajstić information content (AvgIpc) is 2.48. The number of aromatic nitrogens is 1. The van der Waals surface area contributed by atoms with Crippen molar-refractivity contribution in [3.05, 3.63) is 65.6 Å². The Morgan fingerprint density at radius 1 is 1.05 bits per heavy atom. The van der Waals surface area contributed by atoms with E-state index in [9.17, 15) is 4.39 Å². The van der Waals surface area contributed by atoms with E-state index in [0.29, 0.717) is 22.4 Å². The monoisotopic (exact) mass is 345 g/mol. The first-order valence-electron chi connectivity index (χ1n) is 6.56. The summed E-state index contributed by atoms with van der Waals surface area (Å²) in [6.45, 7) is 1.93. The lowest BCUT2D eigenvalue weighted by Crippen LogP contribution is -1.95. The van der Waals surface area contributed by atoms with Gasteiger partial charge in [-0.1, -0.05) is 40.2 Å². The van der Waals surface area contributed by atoms with E-state index in [2.05, 4.69) is 20.9 Å². The van der Waals surface area contributed by atoms with Crippen molar-refractivity contribution >= 4 is 26.8 Å². The number of halogens is 2. The van der Waals surface area contributed by atoms with Crippen LogP contribution in [0.15, 0.2) is 48.5 Å². The van der Waals surface area contributed by atoms with Gasteiger partial charge < -0.3 is 4.74 Å². The minimum atomic E-state index is -0.284. The van der Waals surface area contributed by atoms with Gasteiger partial charge in [-0.15, -0.1) is 0 Å². The molecule has 1 aromatic heterocycles. The first-order chi connectivity index (χ1) is 10.2. The molecule has 0 amide bonds. The highest BCUT2D eigenvalue weighted by molar-refractivity contribution is 9.08. The number of hydrogen-bond donors (Lipinski definition) is 0. The molecule has 0 spiro atoms. The predicted molar refractivity (Wildman–Crippen MR) is 85.6 cm³/mol. The number of para-hydroxylation sites is 1. The van der Waals surface area contributed by atoms with E-state index in [1.807, 2.05) is 37.3 Å². The lowest BCUT2D eigenvalue weighted by molar-refractivity contribution is 0.474.